The molecule has 0 aromatic heterocycles. The third kappa shape index (κ3) is 3.96. The van der Waals surface area contributed by atoms with Crippen molar-refractivity contribution in [3.05, 3.63) is 29.3 Å². The molecule has 8 heteroatoms. The molecule has 0 bridgehead atoms. The molecule has 1 aromatic rings. The molecule has 1 saturated heterocycles. The summed E-state index contributed by atoms with van der Waals surface area (Å²) in [6, 6.07) is 5.31. The molecule has 8 nitrogen and oxygen atoms in total. The lowest BCUT2D eigenvalue weighted by Crippen LogP contribution is -2.53. The van der Waals surface area contributed by atoms with Gasteiger partial charge in [0.1, 0.15) is 0 Å². The van der Waals surface area contributed by atoms with E-state index in [2.05, 4.69) is 0 Å². The zero-order chi connectivity index (χ0) is 23.6. The number of hydrogen-bond donors (Lipinski definition) is 2. The molecule has 0 unspecified atom stereocenters. The number of carboxylic acid groups (broad SMARTS) is 1. The highest BCUT2D eigenvalue weighted by Crippen LogP contribution is 2.46. The standard InChI is InChI=1S/C24H36N4O4/c1-5-24(6-2)19-10-9-17(14-20(19)27(13-11-25)22(24)30)21(29)28(16(3)4)18-8-7-12-26(15-18)23(31)32/h9-10,14,16,18H,5-8,11-13,15,25H2,1-4H3,(H,31,32)/t18-/m1/s1. The van der Waals surface area contributed by atoms with Gasteiger partial charge in [-0.15, -0.1) is 0 Å². The molecule has 3 rings (SSSR count). The number of carbonyl (C=O) groups is 3. The number of benzene rings is 1. The Morgan fingerprint density at radius 1 is 1.28 bits per heavy atom. The van der Waals surface area contributed by atoms with Crippen LogP contribution in [0.5, 0.6) is 0 Å². The number of anilines is 1. The molecule has 0 aliphatic carbocycles. The average molecular weight is 445 g/mol. The number of amides is 3. The van der Waals surface area contributed by atoms with Gasteiger partial charge in [-0.05, 0) is 57.2 Å². The van der Waals surface area contributed by atoms with E-state index in [0.717, 1.165) is 24.1 Å². The van der Waals surface area contributed by atoms with Crippen molar-refractivity contribution in [1.82, 2.24) is 9.80 Å². The summed E-state index contributed by atoms with van der Waals surface area (Å²) in [7, 11) is 0. The Morgan fingerprint density at radius 2 is 1.97 bits per heavy atom. The van der Waals surface area contributed by atoms with Gasteiger partial charge in [0.15, 0.2) is 0 Å². The Hall–Kier alpha value is -2.61. The lowest BCUT2D eigenvalue weighted by molar-refractivity contribution is -0.123. The highest BCUT2D eigenvalue weighted by atomic mass is 16.4. The minimum atomic E-state index is -0.949. The lowest BCUT2D eigenvalue weighted by atomic mass is 9.77. The number of likely N-dealkylation sites (tertiary alicyclic amines) is 1. The molecule has 0 saturated carbocycles. The van der Waals surface area contributed by atoms with E-state index < -0.39 is 11.5 Å². The van der Waals surface area contributed by atoms with E-state index in [-0.39, 0.29) is 23.9 Å². The predicted octanol–water partition coefficient (Wildman–Crippen LogP) is 3.04. The molecule has 2 aliphatic heterocycles. The zero-order valence-corrected chi connectivity index (χ0v) is 19.6. The van der Waals surface area contributed by atoms with E-state index in [1.54, 1.807) is 9.80 Å². The van der Waals surface area contributed by atoms with Gasteiger partial charge in [-0.2, -0.15) is 0 Å². The maximum atomic E-state index is 13.6. The van der Waals surface area contributed by atoms with Gasteiger partial charge >= 0.3 is 6.09 Å². The van der Waals surface area contributed by atoms with Gasteiger partial charge in [0.05, 0.1) is 11.5 Å². The first-order valence-electron chi connectivity index (χ1n) is 11.7. The Labute approximate surface area is 190 Å². The lowest BCUT2D eigenvalue weighted by Gasteiger charge is -2.40. The van der Waals surface area contributed by atoms with Crippen molar-refractivity contribution >= 4 is 23.6 Å². The number of hydrogen-bond acceptors (Lipinski definition) is 4. The minimum Gasteiger partial charge on any atom is -0.465 e. The summed E-state index contributed by atoms with van der Waals surface area (Å²) in [6.45, 7) is 9.52. The third-order valence-corrected chi connectivity index (χ3v) is 7.12. The van der Waals surface area contributed by atoms with Crippen molar-refractivity contribution in [1.29, 1.82) is 0 Å². The fourth-order valence-electron chi connectivity index (χ4n) is 5.39. The van der Waals surface area contributed by atoms with Gasteiger partial charge in [0.2, 0.25) is 5.91 Å². The van der Waals surface area contributed by atoms with Crippen LogP contribution in [-0.2, 0) is 10.2 Å². The van der Waals surface area contributed by atoms with Gasteiger partial charge in [-0.25, -0.2) is 4.79 Å². The number of carbonyl (C=O) groups excluding carboxylic acids is 2. The predicted molar refractivity (Wildman–Crippen MR) is 124 cm³/mol. The van der Waals surface area contributed by atoms with Crippen LogP contribution < -0.4 is 10.6 Å². The fraction of sp³-hybridized carbons (Fsp3) is 0.625. The first-order chi connectivity index (χ1) is 15.2. The number of piperidine rings is 1. The molecule has 0 radical (unpaired) electrons. The molecule has 2 heterocycles. The summed E-state index contributed by atoms with van der Waals surface area (Å²) in [5.74, 6) is -0.0803. The van der Waals surface area contributed by atoms with Crippen molar-refractivity contribution in [2.45, 2.75) is 70.9 Å². The smallest absolute Gasteiger partial charge is 0.407 e. The molecule has 176 valence electrons. The Balaban J connectivity index is 1.98. The minimum absolute atomic E-state index is 0.0534. The Bertz CT molecular complexity index is 881. The van der Waals surface area contributed by atoms with Crippen LogP contribution in [0.15, 0.2) is 18.2 Å². The summed E-state index contributed by atoms with van der Waals surface area (Å²) in [5, 5.41) is 9.41. The van der Waals surface area contributed by atoms with E-state index in [1.165, 1.54) is 4.90 Å². The van der Waals surface area contributed by atoms with Gasteiger partial charge in [-0.1, -0.05) is 19.9 Å². The third-order valence-electron chi connectivity index (χ3n) is 7.12. The van der Waals surface area contributed by atoms with Crippen LogP contribution in [0.25, 0.3) is 0 Å². The molecule has 32 heavy (non-hydrogen) atoms. The van der Waals surface area contributed by atoms with Crippen molar-refractivity contribution < 1.29 is 19.5 Å². The molecule has 0 spiro atoms. The van der Waals surface area contributed by atoms with E-state index >= 15 is 0 Å². The number of nitrogens with two attached hydrogens (primary N) is 1. The highest BCUT2D eigenvalue weighted by Gasteiger charge is 2.48. The molecular weight excluding hydrogens is 408 g/mol. The van der Waals surface area contributed by atoms with Gasteiger partial charge in [0, 0.05) is 43.5 Å². The second-order valence-electron chi connectivity index (χ2n) is 9.10. The molecule has 1 atom stereocenters. The second kappa shape index (κ2) is 9.48. The van der Waals surface area contributed by atoms with Gasteiger partial charge in [0.25, 0.3) is 5.91 Å². The average Bonchev–Trinajstić information content (AvgIpc) is 3.01. The van der Waals surface area contributed by atoms with Crippen molar-refractivity contribution in [2.75, 3.05) is 31.1 Å². The van der Waals surface area contributed by atoms with E-state index in [4.69, 9.17) is 5.73 Å². The fourth-order valence-corrected chi connectivity index (χ4v) is 5.39. The molecule has 2 aliphatic rings. The summed E-state index contributed by atoms with van der Waals surface area (Å²) in [6.07, 6.45) is 1.93. The molecular formula is C24H36N4O4. The first kappa shape index (κ1) is 24.0. The topological polar surface area (TPSA) is 107 Å². The van der Waals surface area contributed by atoms with Crippen LogP contribution in [-0.4, -0.2) is 71.1 Å². The van der Waals surface area contributed by atoms with E-state index in [9.17, 15) is 19.5 Å². The summed E-state index contributed by atoms with van der Waals surface area (Å²) in [5.41, 5.74) is 7.47. The maximum Gasteiger partial charge on any atom is 0.407 e. The monoisotopic (exact) mass is 444 g/mol. The Kier molecular flexibility index (Phi) is 7.12. The highest BCUT2D eigenvalue weighted by molar-refractivity contribution is 6.09. The SMILES string of the molecule is CCC1(CC)C(=O)N(CCN)c2cc(C(=O)N(C(C)C)[C@@H]3CCCN(C(=O)O)C3)ccc21. The second-order valence-corrected chi connectivity index (χ2v) is 9.10. The van der Waals surface area contributed by atoms with Crippen LogP contribution in [0.3, 0.4) is 0 Å². The maximum absolute atomic E-state index is 13.6. The van der Waals surface area contributed by atoms with Gasteiger partial charge < -0.3 is 25.5 Å². The summed E-state index contributed by atoms with van der Waals surface area (Å²) < 4.78 is 0. The number of rotatable bonds is 7. The molecule has 1 fully saturated rings. The zero-order valence-electron chi connectivity index (χ0n) is 19.6. The van der Waals surface area contributed by atoms with Crippen LogP contribution in [0, 0.1) is 0 Å². The summed E-state index contributed by atoms with van der Waals surface area (Å²) >= 11 is 0. The van der Waals surface area contributed by atoms with Crippen molar-refractivity contribution in [3.63, 3.8) is 0 Å². The normalized spacial score (nSPS) is 19.9. The number of nitrogens with zero attached hydrogens (tertiary/aromatic N) is 3. The van der Waals surface area contributed by atoms with Crippen molar-refractivity contribution in [2.24, 2.45) is 5.73 Å². The van der Waals surface area contributed by atoms with Crippen LogP contribution in [0.2, 0.25) is 0 Å². The molecule has 3 amide bonds. The largest absolute Gasteiger partial charge is 0.465 e. The molecule has 3 N–H and O–H groups in total. The van der Waals surface area contributed by atoms with Crippen molar-refractivity contribution in [3.8, 4) is 0 Å². The quantitative estimate of drug-likeness (QED) is 0.672. The summed E-state index contributed by atoms with van der Waals surface area (Å²) in [4.78, 5) is 43.4. The van der Waals surface area contributed by atoms with Gasteiger partial charge in [-0.3, -0.25) is 9.59 Å². The van der Waals surface area contributed by atoms with Crippen LogP contribution >= 0.6 is 0 Å². The van der Waals surface area contributed by atoms with Crippen LogP contribution in [0.1, 0.15) is 69.3 Å². The first-order valence-corrected chi connectivity index (χ1v) is 11.7. The Morgan fingerprint density at radius 3 is 2.53 bits per heavy atom. The van der Waals surface area contributed by atoms with Crippen LogP contribution in [0.4, 0.5) is 10.5 Å². The van der Waals surface area contributed by atoms with E-state index in [0.29, 0.717) is 44.6 Å². The number of fused-ring (bicyclic) bond motifs is 1. The van der Waals surface area contributed by atoms with E-state index in [1.807, 2.05) is 45.9 Å². The molecule has 1 aromatic carbocycles.